The summed E-state index contributed by atoms with van der Waals surface area (Å²) in [5, 5.41) is 2.34. The molecule has 0 bridgehead atoms. The molecule has 3 rings (SSSR count). The number of methoxy groups -OCH3 is 1. The number of rotatable bonds is 5. The topological polar surface area (TPSA) is 44.8 Å². The summed E-state index contributed by atoms with van der Waals surface area (Å²) in [5.74, 6) is -0.713. The number of amides is 2. The minimum Gasteiger partial charge on any atom is -0.497 e. The number of carbonyl (C=O) groups is 1. The zero-order valence-corrected chi connectivity index (χ0v) is 15.3. The number of carbonyl (C=O) groups excluding carboxylic acids is 1. The van der Waals surface area contributed by atoms with E-state index >= 15 is 0 Å². The van der Waals surface area contributed by atoms with Crippen LogP contribution in [0.2, 0.25) is 0 Å². The van der Waals surface area contributed by atoms with Gasteiger partial charge in [-0.25, -0.2) is 13.6 Å². The molecule has 0 spiro atoms. The molecule has 2 aromatic rings. The largest absolute Gasteiger partial charge is 0.497 e. The van der Waals surface area contributed by atoms with Crippen molar-refractivity contribution in [2.75, 3.05) is 45.2 Å². The van der Waals surface area contributed by atoms with Gasteiger partial charge in [0, 0.05) is 32.7 Å². The highest BCUT2D eigenvalue weighted by molar-refractivity contribution is 5.89. The molecule has 1 aliphatic heterocycles. The van der Waals surface area contributed by atoms with Crippen molar-refractivity contribution in [1.29, 1.82) is 0 Å². The van der Waals surface area contributed by atoms with E-state index in [9.17, 15) is 13.6 Å². The summed E-state index contributed by atoms with van der Waals surface area (Å²) in [7, 11) is 1.65. The lowest BCUT2D eigenvalue weighted by Gasteiger charge is -2.34. The molecule has 144 valence electrons. The fourth-order valence-corrected chi connectivity index (χ4v) is 3.09. The monoisotopic (exact) mass is 375 g/mol. The Morgan fingerprint density at radius 3 is 2.41 bits per heavy atom. The molecule has 1 saturated heterocycles. The first-order valence-electron chi connectivity index (χ1n) is 8.92. The molecule has 7 heteroatoms. The van der Waals surface area contributed by atoms with Gasteiger partial charge in [0.1, 0.15) is 23.1 Å². The van der Waals surface area contributed by atoms with Crippen molar-refractivity contribution >= 4 is 11.7 Å². The number of piperazine rings is 1. The van der Waals surface area contributed by atoms with Gasteiger partial charge in [-0.2, -0.15) is 0 Å². The average Bonchev–Trinajstić information content (AvgIpc) is 2.69. The Hall–Kier alpha value is -2.67. The maximum Gasteiger partial charge on any atom is 0.322 e. The quantitative estimate of drug-likeness (QED) is 0.872. The van der Waals surface area contributed by atoms with Crippen molar-refractivity contribution in [2.24, 2.45) is 0 Å². The number of benzene rings is 2. The number of halogens is 2. The number of nitrogens with zero attached hydrogens (tertiary/aromatic N) is 2. The molecule has 0 atom stereocenters. The lowest BCUT2D eigenvalue weighted by atomic mass is 10.1. The molecule has 0 aliphatic carbocycles. The van der Waals surface area contributed by atoms with Gasteiger partial charge in [-0.05, 0) is 36.2 Å². The van der Waals surface area contributed by atoms with Crippen molar-refractivity contribution < 1.29 is 18.3 Å². The second-order valence-electron chi connectivity index (χ2n) is 6.46. The SMILES string of the molecule is COc1cccc(CCN2CCN(C(=O)Nc3c(F)cccc3F)CC2)c1. The van der Waals surface area contributed by atoms with Crippen LogP contribution in [0.3, 0.4) is 0 Å². The molecule has 2 aromatic carbocycles. The molecule has 0 unspecified atom stereocenters. The van der Waals surface area contributed by atoms with E-state index in [-0.39, 0.29) is 0 Å². The normalized spacial score (nSPS) is 14.9. The van der Waals surface area contributed by atoms with Crippen LogP contribution in [0, 0.1) is 11.6 Å². The average molecular weight is 375 g/mol. The molecule has 5 nitrogen and oxygen atoms in total. The molecule has 1 fully saturated rings. The number of hydrogen-bond donors (Lipinski definition) is 1. The number of ether oxygens (including phenoxy) is 1. The van der Waals surface area contributed by atoms with Crippen LogP contribution in [0.15, 0.2) is 42.5 Å². The number of anilines is 1. The Morgan fingerprint density at radius 2 is 1.74 bits per heavy atom. The highest BCUT2D eigenvalue weighted by atomic mass is 19.1. The third-order valence-corrected chi connectivity index (χ3v) is 4.71. The summed E-state index contributed by atoms with van der Waals surface area (Å²) < 4.78 is 32.6. The van der Waals surface area contributed by atoms with Crippen molar-refractivity contribution in [3.05, 3.63) is 59.7 Å². The molecule has 2 amide bonds. The van der Waals surface area contributed by atoms with Crippen LogP contribution in [0.1, 0.15) is 5.56 Å². The minimum atomic E-state index is -0.778. The Kier molecular flexibility index (Phi) is 6.24. The van der Waals surface area contributed by atoms with E-state index in [0.29, 0.717) is 13.1 Å². The summed E-state index contributed by atoms with van der Waals surface area (Å²) in [6.45, 7) is 3.35. The van der Waals surface area contributed by atoms with Crippen LogP contribution in [-0.2, 0) is 6.42 Å². The molecular formula is C20H23F2N3O2. The highest BCUT2D eigenvalue weighted by Gasteiger charge is 2.22. The number of hydrogen-bond acceptors (Lipinski definition) is 3. The predicted octanol–water partition coefficient (Wildman–Crippen LogP) is 3.37. The molecule has 27 heavy (non-hydrogen) atoms. The standard InChI is InChI=1S/C20H23F2N3O2/c1-27-16-5-2-4-15(14-16)8-9-24-10-12-25(13-11-24)20(26)23-19-17(21)6-3-7-18(19)22/h2-7,14H,8-13H2,1H3,(H,23,26). The Balaban J connectivity index is 1.47. The smallest absolute Gasteiger partial charge is 0.322 e. The van der Waals surface area contributed by atoms with Crippen LogP contribution >= 0.6 is 0 Å². The summed E-state index contributed by atoms with van der Waals surface area (Å²) in [4.78, 5) is 16.1. The van der Waals surface area contributed by atoms with Gasteiger partial charge in [-0.1, -0.05) is 18.2 Å². The van der Waals surface area contributed by atoms with Crippen LogP contribution in [0.4, 0.5) is 19.3 Å². The number of nitrogens with one attached hydrogen (secondary N) is 1. The van der Waals surface area contributed by atoms with Gasteiger partial charge in [0.05, 0.1) is 7.11 Å². The van der Waals surface area contributed by atoms with Gasteiger partial charge in [0.15, 0.2) is 0 Å². The van der Waals surface area contributed by atoms with Crippen molar-refractivity contribution in [3.8, 4) is 5.75 Å². The maximum absolute atomic E-state index is 13.7. The van der Waals surface area contributed by atoms with Gasteiger partial charge in [-0.15, -0.1) is 0 Å². The van der Waals surface area contributed by atoms with Crippen molar-refractivity contribution in [2.45, 2.75) is 6.42 Å². The fraction of sp³-hybridized carbons (Fsp3) is 0.350. The summed E-state index contributed by atoms with van der Waals surface area (Å²) in [6.07, 6.45) is 0.893. The summed E-state index contributed by atoms with van der Waals surface area (Å²) in [6, 6.07) is 11.0. The highest BCUT2D eigenvalue weighted by Crippen LogP contribution is 2.19. The maximum atomic E-state index is 13.7. The Morgan fingerprint density at radius 1 is 1.07 bits per heavy atom. The van der Waals surface area contributed by atoms with Crippen LogP contribution in [-0.4, -0.2) is 55.7 Å². The molecule has 0 aromatic heterocycles. The van der Waals surface area contributed by atoms with E-state index in [0.717, 1.165) is 43.9 Å². The minimum absolute atomic E-state index is 0.400. The van der Waals surface area contributed by atoms with Gasteiger partial charge in [0.2, 0.25) is 0 Å². The number of para-hydroxylation sites is 1. The summed E-state index contributed by atoms with van der Waals surface area (Å²) in [5.41, 5.74) is 0.799. The third-order valence-electron chi connectivity index (χ3n) is 4.71. The van der Waals surface area contributed by atoms with E-state index in [1.54, 1.807) is 12.0 Å². The lowest BCUT2D eigenvalue weighted by Crippen LogP contribution is -2.50. The third kappa shape index (κ3) is 4.95. The summed E-state index contributed by atoms with van der Waals surface area (Å²) >= 11 is 0. The molecule has 1 N–H and O–H groups in total. The molecule has 0 radical (unpaired) electrons. The van der Waals surface area contributed by atoms with Gasteiger partial charge in [0.25, 0.3) is 0 Å². The predicted molar refractivity (Wildman–Crippen MR) is 100 cm³/mol. The molecule has 0 saturated carbocycles. The van der Waals surface area contributed by atoms with Crippen molar-refractivity contribution in [3.63, 3.8) is 0 Å². The first-order chi connectivity index (χ1) is 13.1. The second-order valence-corrected chi connectivity index (χ2v) is 6.46. The Bertz CT molecular complexity index is 772. The zero-order chi connectivity index (χ0) is 19.2. The van der Waals surface area contributed by atoms with Gasteiger partial charge < -0.3 is 15.0 Å². The van der Waals surface area contributed by atoms with E-state index in [2.05, 4.69) is 16.3 Å². The second kappa shape index (κ2) is 8.81. The zero-order valence-electron chi connectivity index (χ0n) is 15.3. The van der Waals surface area contributed by atoms with E-state index in [1.807, 2.05) is 18.2 Å². The van der Waals surface area contributed by atoms with Gasteiger partial charge >= 0.3 is 6.03 Å². The molecule has 1 aliphatic rings. The molecule has 1 heterocycles. The number of urea groups is 1. The lowest BCUT2D eigenvalue weighted by molar-refractivity contribution is 0.148. The van der Waals surface area contributed by atoms with E-state index < -0.39 is 23.4 Å². The fourth-order valence-electron chi connectivity index (χ4n) is 3.09. The Labute approximate surface area is 157 Å². The van der Waals surface area contributed by atoms with Crippen LogP contribution in [0.5, 0.6) is 5.75 Å². The molecular weight excluding hydrogens is 352 g/mol. The van der Waals surface area contributed by atoms with E-state index in [4.69, 9.17) is 4.74 Å². The van der Waals surface area contributed by atoms with E-state index in [1.165, 1.54) is 11.6 Å². The van der Waals surface area contributed by atoms with Gasteiger partial charge in [-0.3, -0.25) is 4.90 Å². The van der Waals surface area contributed by atoms with Crippen molar-refractivity contribution in [1.82, 2.24) is 9.80 Å². The first-order valence-corrected chi connectivity index (χ1v) is 8.92. The van der Waals surface area contributed by atoms with Crippen LogP contribution < -0.4 is 10.1 Å². The first kappa shape index (κ1) is 19.1. The van der Waals surface area contributed by atoms with Crippen LogP contribution in [0.25, 0.3) is 0 Å².